The number of hydrogen-bond donors (Lipinski definition) is 2. The molecule has 0 aliphatic carbocycles. The zero-order valence-electron chi connectivity index (χ0n) is 12.6. The van der Waals surface area contributed by atoms with E-state index in [1.54, 1.807) is 39.8 Å². The van der Waals surface area contributed by atoms with Crippen molar-refractivity contribution in [2.24, 2.45) is 0 Å². The Balaban J connectivity index is 2.26. The van der Waals surface area contributed by atoms with E-state index in [9.17, 15) is 9.90 Å². The lowest BCUT2D eigenvalue weighted by Gasteiger charge is -2.27. The van der Waals surface area contributed by atoms with Gasteiger partial charge in [-0.1, -0.05) is 19.1 Å². The number of amides is 1. The third-order valence-corrected chi connectivity index (χ3v) is 2.87. The van der Waals surface area contributed by atoms with Gasteiger partial charge in [-0.15, -0.1) is 0 Å². The summed E-state index contributed by atoms with van der Waals surface area (Å²) >= 11 is 0. The van der Waals surface area contributed by atoms with Gasteiger partial charge in [-0.05, 0) is 32.9 Å². The van der Waals surface area contributed by atoms with Crippen LogP contribution in [-0.2, 0) is 10.5 Å². The lowest BCUT2D eigenvalue weighted by Crippen LogP contribution is -2.47. The molecule has 2 rings (SSSR count). The minimum atomic E-state index is -1.71. The Bertz CT molecular complexity index is 611. The van der Waals surface area contributed by atoms with Gasteiger partial charge in [0.2, 0.25) is 11.6 Å². The summed E-state index contributed by atoms with van der Waals surface area (Å²) in [6.07, 6.45) is -0.534. The number of rotatable bonds is 3. The SMILES string of the molecule is CCC(O)(NC(=O)OC(C)(C)C)c1nc2ccccc2o1. The Morgan fingerprint density at radius 1 is 1.38 bits per heavy atom. The molecule has 0 spiro atoms. The van der Waals surface area contributed by atoms with Gasteiger partial charge in [-0.2, -0.15) is 0 Å². The monoisotopic (exact) mass is 292 g/mol. The highest BCUT2D eigenvalue weighted by Gasteiger charge is 2.36. The second kappa shape index (κ2) is 5.37. The molecule has 0 radical (unpaired) electrons. The number of aliphatic hydroxyl groups is 1. The van der Waals surface area contributed by atoms with Crippen molar-refractivity contribution in [3.63, 3.8) is 0 Å². The van der Waals surface area contributed by atoms with E-state index in [4.69, 9.17) is 9.15 Å². The molecule has 2 N–H and O–H groups in total. The molecule has 0 aliphatic heterocycles. The molecule has 114 valence electrons. The van der Waals surface area contributed by atoms with Crippen molar-refractivity contribution >= 4 is 17.2 Å². The third kappa shape index (κ3) is 3.52. The number of fused-ring (bicyclic) bond motifs is 1. The predicted molar refractivity (Wildman–Crippen MR) is 77.6 cm³/mol. The van der Waals surface area contributed by atoms with Gasteiger partial charge >= 0.3 is 6.09 Å². The minimum absolute atomic E-state index is 0.0389. The van der Waals surface area contributed by atoms with Crippen LogP contribution in [0.2, 0.25) is 0 Å². The first-order valence-electron chi connectivity index (χ1n) is 6.83. The van der Waals surface area contributed by atoms with Crippen molar-refractivity contribution in [3.05, 3.63) is 30.2 Å². The van der Waals surface area contributed by atoms with Gasteiger partial charge in [0.1, 0.15) is 11.1 Å². The fourth-order valence-electron chi connectivity index (χ4n) is 1.81. The number of carbonyl (C=O) groups excluding carboxylic acids is 1. The van der Waals surface area contributed by atoms with E-state index in [1.807, 2.05) is 12.1 Å². The molecule has 1 unspecified atom stereocenters. The number of para-hydroxylation sites is 2. The van der Waals surface area contributed by atoms with Crippen molar-refractivity contribution in [2.75, 3.05) is 0 Å². The second-order valence-corrected chi connectivity index (χ2v) is 5.83. The molecule has 0 aliphatic rings. The average molecular weight is 292 g/mol. The molecule has 1 heterocycles. The summed E-state index contributed by atoms with van der Waals surface area (Å²) in [6.45, 7) is 6.96. The first kappa shape index (κ1) is 15.3. The molecule has 0 bridgehead atoms. The molecule has 21 heavy (non-hydrogen) atoms. The van der Waals surface area contributed by atoms with Crippen molar-refractivity contribution in [1.29, 1.82) is 0 Å². The van der Waals surface area contributed by atoms with Crippen molar-refractivity contribution in [1.82, 2.24) is 10.3 Å². The molecular formula is C15H20N2O4. The zero-order chi connectivity index (χ0) is 15.7. The summed E-state index contributed by atoms with van der Waals surface area (Å²) in [7, 11) is 0. The fraction of sp³-hybridized carbons (Fsp3) is 0.467. The van der Waals surface area contributed by atoms with E-state index in [2.05, 4.69) is 10.3 Å². The van der Waals surface area contributed by atoms with Crippen LogP contribution in [0.4, 0.5) is 4.79 Å². The van der Waals surface area contributed by atoms with Crippen LogP contribution in [0.25, 0.3) is 11.1 Å². The number of hydrogen-bond acceptors (Lipinski definition) is 5. The van der Waals surface area contributed by atoms with Crippen LogP contribution in [0, 0.1) is 0 Å². The van der Waals surface area contributed by atoms with Gasteiger partial charge < -0.3 is 14.3 Å². The second-order valence-electron chi connectivity index (χ2n) is 5.83. The highest BCUT2D eigenvalue weighted by molar-refractivity contribution is 5.73. The maximum Gasteiger partial charge on any atom is 0.410 e. The standard InChI is InChI=1S/C15H20N2O4/c1-5-15(19,17-13(18)21-14(2,3)4)12-16-10-8-6-7-9-11(10)20-12/h6-9,19H,5H2,1-4H3,(H,17,18). The molecule has 6 nitrogen and oxygen atoms in total. The number of carbonyl (C=O) groups is 1. The largest absolute Gasteiger partial charge is 0.444 e. The van der Waals surface area contributed by atoms with Crippen LogP contribution in [0.5, 0.6) is 0 Å². The summed E-state index contributed by atoms with van der Waals surface area (Å²) in [5.41, 5.74) is -1.20. The Morgan fingerprint density at radius 2 is 2.05 bits per heavy atom. The minimum Gasteiger partial charge on any atom is -0.444 e. The first-order chi connectivity index (χ1) is 9.73. The van der Waals surface area contributed by atoms with Crippen LogP contribution >= 0.6 is 0 Å². The Morgan fingerprint density at radius 3 is 2.62 bits per heavy atom. The molecule has 1 atom stereocenters. The van der Waals surface area contributed by atoms with Crippen molar-refractivity contribution in [2.45, 2.75) is 45.4 Å². The number of nitrogens with zero attached hydrogens (tertiary/aromatic N) is 1. The predicted octanol–water partition coefficient (Wildman–Crippen LogP) is 2.91. The zero-order valence-corrected chi connectivity index (χ0v) is 12.6. The van der Waals surface area contributed by atoms with E-state index in [0.717, 1.165) is 0 Å². The van der Waals surface area contributed by atoms with Gasteiger partial charge in [0.15, 0.2) is 5.58 Å². The van der Waals surface area contributed by atoms with Gasteiger partial charge in [0.05, 0.1) is 0 Å². The Hall–Kier alpha value is -2.08. The van der Waals surface area contributed by atoms with Gasteiger partial charge in [0.25, 0.3) is 0 Å². The Labute approximate surface area is 123 Å². The molecular weight excluding hydrogens is 272 g/mol. The van der Waals surface area contributed by atoms with Crippen LogP contribution in [0.3, 0.4) is 0 Å². The molecule has 0 fully saturated rings. The molecule has 0 saturated carbocycles. The van der Waals surface area contributed by atoms with Crippen LogP contribution in [-0.4, -0.2) is 21.8 Å². The van der Waals surface area contributed by atoms with E-state index in [1.165, 1.54) is 0 Å². The third-order valence-electron chi connectivity index (χ3n) is 2.87. The summed E-state index contributed by atoms with van der Waals surface area (Å²) in [6, 6.07) is 7.14. The molecule has 1 aromatic heterocycles. The lowest BCUT2D eigenvalue weighted by atomic mass is 10.1. The van der Waals surface area contributed by atoms with Gasteiger partial charge in [-0.25, -0.2) is 9.78 Å². The lowest BCUT2D eigenvalue weighted by molar-refractivity contribution is -0.0371. The number of oxazole rings is 1. The van der Waals surface area contributed by atoms with Crippen molar-refractivity contribution in [3.8, 4) is 0 Å². The molecule has 6 heteroatoms. The topological polar surface area (TPSA) is 84.6 Å². The smallest absolute Gasteiger partial charge is 0.410 e. The van der Waals surface area contributed by atoms with Gasteiger partial charge in [-0.3, -0.25) is 5.32 Å². The van der Waals surface area contributed by atoms with E-state index in [0.29, 0.717) is 11.1 Å². The maximum atomic E-state index is 11.9. The first-order valence-corrected chi connectivity index (χ1v) is 6.83. The van der Waals surface area contributed by atoms with Crippen LogP contribution in [0.15, 0.2) is 28.7 Å². The maximum absolute atomic E-state index is 11.9. The van der Waals surface area contributed by atoms with Gasteiger partial charge in [0, 0.05) is 6.42 Å². The molecule has 1 amide bonds. The Kier molecular flexibility index (Phi) is 3.91. The van der Waals surface area contributed by atoms with E-state index < -0.39 is 17.4 Å². The summed E-state index contributed by atoms with van der Waals surface area (Å²) in [5, 5.41) is 13.0. The number of nitrogens with one attached hydrogen (secondary N) is 1. The molecule has 1 aromatic carbocycles. The highest BCUT2D eigenvalue weighted by atomic mass is 16.6. The quantitative estimate of drug-likeness (QED) is 0.850. The van der Waals surface area contributed by atoms with E-state index >= 15 is 0 Å². The molecule has 0 saturated heterocycles. The number of ether oxygens (including phenoxy) is 1. The number of benzene rings is 1. The van der Waals surface area contributed by atoms with Crippen LogP contribution < -0.4 is 5.32 Å². The average Bonchev–Trinajstić information content (AvgIpc) is 2.80. The van der Waals surface area contributed by atoms with Crippen LogP contribution in [0.1, 0.15) is 40.0 Å². The number of aromatic nitrogens is 1. The van der Waals surface area contributed by atoms with Crippen molar-refractivity contribution < 1.29 is 19.1 Å². The highest BCUT2D eigenvalue weighted by Crippen LogP contribution is 2.26. The summed E-state index contributed by atoms with van der Waals surface area (Å²) < 4.78 is 10.7. The summed E-state index contributed by atoms with van der Waals surface area (Å²) in [5.74, 6) is 0.0389. The molecule has 2 aromatic rings. The summed E-state index contributed by atoms with van der Waals surface area (Å²) in [4.78, 5) is 16.1. The number of alkyl carbamates (subject to hydrolysis) is 1. The normalized spacial score (nSPS) is 14.7. The van der Waals surface area contributed by atoms with E-state index in [-0.39, 0.29) is 12.3 Å². The fourth-order valence-corrected chi connectivity index (χ4v) is 1.81.